The minimum Gasteiger partial charge on any atom is -0.394 e. The Hall–Kier alpha value is -2.08. The quantitative estimate of drug-likeness (QED) is 0.767. The third kappa shape index (κ3) is 2.21. The molecular weight excluding hydrogens is 247 g/mol. The summed E-state index contributed by atoms with van der Waals surface area (Å²) >= 11 is 5.75. The summed E-state index contributed by atoms with van der Waals surface area (Å²) in [6, 6.07) is 3.99. The smallest absolute Gasteiger partial charge is 0.261 e. The van der Waals surface area contributed by atoms with Crippen LogP contribution in [0.1, 0.15) is 10.4 Å². The lowest BCUT2D eigenvalue weighted by Gasteiger charge is -2.06. The van der Waals surface area contributed by atoms with Crippen molar-refractivity contribution in [2.24, 2.45) is 0 Å². The van der Waals surface area contributed by atoms with Gasteiger partial charge in [-0.1, -0.05) is 17.7 Å². The zero-order chi connectivity index (χ0) is 12.4. The minimum absolute atomic E-state index is 0.0283. The van der Waals surface area contributed by atoms with E-state index < -0.39 is 11.7 Å². The molecule has 0 unspecified atom stereocenters. The van der Waals surface area contributed by atoms with Crippen LogP contribution < -0.4 is 11.1 Å². The number of nitrogens with one attached hydrogen (secondary N) is 2. The van der Waals surface area contributed by atoms with E-state index in [4.69, 9.17) is 17.3 Å². The van der Waals surface area contributed by atoms with E-state index in [-0.39, 0.29) is 22.1 Å². The number of H-pyrrole nitrogens is 1. The van der Waals surface area contributed by atoms with Gasteiger partial charge in [-0.15, -0.1) is 0 Å². The summed E-state index contributed by atoms with van der Waals surface area (Å²) in [5, 5.41) is 8.50. The van der Waals surface area contributed by atoms with E-state index in [0.29, 0.717) is 0 Å². The summed E-state index contributed by atoms with van der Waals surface area (Å²) < 4.78 is 13.4. The Morgan fingerprint density at radius 3 is 2.88 bits per heavy atom. The Labute approximate surface area is 101 Å². The van der Waals surface area contributed by atoms with Crippen molar-refractivity contribution in [2.45, 2.75) is 0 Å². The monoisotopic (exact) mass is 254 g/mol. The topological polar surface area (TPSA) is 83.8 Å². The van der Waals surface area contributed by atoms with Gasteiger partial charge in [0.25, 0.3) is 5.91 Å². The number of aromatic amines is 1. The van der Waals surface area contributed by atoms with Crippen LogP contribution in [0.5, 0.6) is 0 Å². The summed E-state index contributed by atoms with van der Waals surface area (Å²) in [6.45, 7) is 0. The molecular formula is C10H8ClFN4O. The standard InChI is InChI=1S/C10H8ClFN4O/c11-5-2-1-3-6(12)8(5)10(17)15-9-7(13)4-14-16-9/h1-4H,13H2,(H2,14,15,16,17). The third-order valence-electron chi connectivity index (χ3n) is 2.10. The van der Waals surface area contributed by atoms with Crippen molar-refractivity contribution in [1.82, 2.24) is 10.2 Å². The molecule has 1 aromatic heterocycles. The van der Waals surface area contributed by atoms with Crippen LogP contribution in [0.4, 0.5) is 15.9 Å². The molecule has 1 heterocycles. The van der Waals surface area contributed by atoms with Crippen molar-refractivity contribution in [2.75, 3.05) is 11.1 Å². The fourth-order valence-electron chi connectivity index (χ4n) is 1.29. The molecule has 0 saturated carbocycles. The van der Waals surface area contributed by atoms with Crippen LogP contribution in [-0.2, 0) is 0 Å². The lowest BCUT2D eigenvalue weighted by Crippen LogP contribution is -2.15. The first-order valence-electron chi connectivity index (χ1n) is 4.64. The molecule has 5 nitrogen and oxygen atoms in total. The Kier molecular flexibility index (Phi) is 2.97. The molecule has 0 bridgehead atoms. The largest absolute Gasteiger partial charge is 0.394 e. The zero-order valence-electron chi connectivity index (χ0n) is 8.50. The highest BCUT2D eigenvalue weighted by Gasteiger charge is 2.17. The predicted octanol–water partition coefficient (Wildman–Crippen LogP) is 2.04. The first-order valence-corrected chi connectivity index (χ1v) is 5.01. The van der Waals surface area contributed by atoms with Gasteiger partial charge in [-0.25, -0.2) is 4.39 Å². The van der Waals surface area contributed by atoms with Gasteiger partial charge in [0.2, 0.25) is 0 Å². The molecule has 0 atom stereocenters. The van der Waals surface area contributed by atoms with Gasteiger partial charge in [-0.05, 0) is 12.1 Å². The highest BCUT2D eigenvalue weighted by molar-refractivity contribution is 6.34. The SMILES string of the molecule is Nc1cn[nH]c1NC(=O)c1c(F)cccc1Cl. The number of carbonyl (C=O) groups excluding carboxylic acids is 1. The molecule has 0 fully saturated rings. The van der Waals surface area contributed by atoms with Crippen LogP contribution in [0.2, 0.25) is 5.02 Å². The average molecular weight is 255 g/mol. The van der Waals surface area contributed by atoms with Crippen molar-refractivity contribution in [3.63, 3.8) is 0 Å². The van der Waals surface area contributed by atoms with E-state index in [9.17, 15) is 9.18 Å². The lowest BCUT2D eigenvalue weighted by molar-refractivity contribution is 0.102. The Morgan fingerprint density at radius 2 is 2.29 bits per heavy atom. The van der Waals surface area contributed by atoms with E-state index in [1.165, 1.54) is 18.3 Å². The van der Waals surface area contributed by atoms with Crippen LogP contribution in [0, 0.1) is 5.82 Å². The first kappa shape index (κ1) is 11.4. The number of benzene rings is 1. The maximum atomic E-state index is 13.4. The van der Waals surface area contributed by atoms with Crippen LogP contribution in [0.3, 0.4) is 0 Å². The normalized spacial score (nSPS) is 10.2. The number of rotatable bonds is 2. The van der Waals surface area contributed by atoms with Crippen molar-refractivity contribution in [3.05, 3.63) is 40.8 Å². The molecule has 0 spiro atoms. The molecule has 0 aliphatic rings. The minimum atomic E-state index is -0.701. The zero-order valence-corrected chi connectivity index (χ0v) is 9.25. The number of anilines is 2. The van der Waals surface area contributed by atoms with Crippen LogP contribution >= 0.6 is 11.6 Å². The van der Waals surface area contributed by atoms with Crippen LogP contribution in [0.25, 0.3) is 0 Å². The summed E-state index contributed by atoms with van der Waals surface area (Å²) in [6.07, 6.45) is 1.33. The van der Waals surface area contributed by atoms with Gasteiger partial charge in [0.15, 0.2) is 5.82 Å². The molecule has 1 amide bonds. The number of amides is 1. The number of nitrogens with two attached hydrogens (primary N) is 1. The van der Waals surface area contributed by atoms with E-state index in [2.05, 4.69) is 15.5 Å². The number of carbonyl (C=O) groups is 1. The Balaban J connectivity index is 2.30. The molecule has 0 radical (unpaired) electrons. The van der Waals surface area contributed by atoms with Gasteiger partial charge >= 0.3 is 0 Å². The van der Waals surface area contributed by atoms with E-state index in [1.807, 2.05) is 0 Å². The Morgan fingerprint density at radius 1 is 1.53 bits per heavy atom. The molecule has 17 heavy (non-hydrogen) atoms. The van der Waals surface area contributed by atoms with Crippen molar-refractivity contribution in [1.29, 1.82) is 0 Å². The number of hydrogen-bond acceptors (Lipinski definition) is 3. The van der Waals surface area contributed by atoms with Crippen molar-refractivity contribution < 1.29 is 9.18 Å². The van der Waals surface area contributed by atoms with Gasteiger partial charge in [0.1, 0.15) is 5.82 Å². The summed E-state index contributed by atoms with van der Waals surface area (Å²) in [5.74, 6) is -1.19. The summed E-state index contributed by atoms with van der Waals surface area (Å²) in [7, 11) is 0. The fraction of sp³-hybridized carbons (Fsp3) is 0. The van der Waals surface area contributed by atoms with E-state index in [1.54, 1.807) is 0 Å². The van der Waals surface area contributed by atoms with Gasteiger partial charge < -0.3 is 11.1 Å². The molecule has 0 saturated heterocycles. The maximum absolute atomic E-state index is 13.4. The van der Waals surface area contributed by atoms with E-state index >= 15 is 0 Å². The number of nitrogens with zero attached hydrogens (tertiary/aromatic N) is 1. The first-order chi connectivity index (χ1) is 8.09. The van der Waals surface area contributed by atoms with E-state index in [0.717, 1.165) is 6.07 Å². The molecule has 7 heteroatoms. The molecule has 0 aliphatic heterocycles. The molecule has 2 rings (SSSR count). The molecule has 88 valence electrons. The third-order valence-corrected chi connectivity index (χ3v) is 2.41. The van der Waals surface area contributed by atoms with Gasteiger partial charge in [0, 0.05) is 0 Å². The Bertz CT molecular complexity index is 549. The second-order valence-electron chi connectivity index (χ2n) is 3.25. The average Bonchev–Trinajstić information content (AvgIpc) is 2.64. The number of nitrogen functional groups attached to an aromatic ring is 1. The van der Waals surface area contributed by atoms with Gasteiger partial charge in [-0.2, -0.15) is 5.10 Å². The second-order valence-corrected chi connectivity index (χ2v) is 3.66. The molecule has 1 aromatic carbocycles. The van der Waals surface area contributed by atoms with Crippen LogP contribution in [0.15, 0.2) is 24.4 Å². The van der Waals surface area contributed by atoms with Crippen molar-refractivity contribution >= 4 is 29.0 Å². The predicted molar refractivity (Wildman–Crippen MR) is 62.4 cm³/mol. The van der Waals surface area contributed by atoms with Gasteiger partial charge in [-0.3, -0.25) is 9.89 Å². The molecule has 4 N–H and O–H groups in total. The van der Waals surface area contributed by atoms with Crippen molar-refractivity contribution in [3.8, 4) is 0 Å². The highest BCUT2D eigenvalue weighted by atomic mass is 35.5. The fourth-order valence-corrected chi connectivity index (χ4v) is 1.54. The van der Waals surface area contributed by atoms with Gasteiger partial charge in [0.05, 0.1) is 22.5 Å². The highest BCUT2D eigenvalue weighted by Crippen LogP contribution is 2.21. The lowest BCUT2D eigenvalue weighted by atomic mass is 10.2. The molecule has 2 aromatic rings. The molecule has 0 aliphatic carbocycles. The maximum Gasteiger partial charge on any atom is 0.261 e. The summed E-state index contributed by atoms with van der Waals surface area (Å²) in [4.78, 5) is 11.8. The number of halogens is 2. The number of hydrogen-bond donors (Lipinski definition) is 3. The summed E-state index contributed by atoms with van der Waals surface area (Å²) in [5.41, 5.74) is 5.53. The van der Waals surface area contributed by atoms with Crippen LogP contribution in [-0.4, -0.2) is 16.1 Å². The number of aromatic nitrogens is 2. The second kappa shape index (κ2) is 4.42.